The fraction of sp³-hybridized carbons (Fsp3) is 0.632. The van der Waals surface area contributed by atoms with Crippen LogP contribution in [0.5, 0.6) is 0 Å². The predicted octanol–water partition coefficient (Wildman–Crippen LogP) is 2.96. The van der Waals surface area contributed by atoms with Gasteiger partial charge in [0.1, 0.15) is 6.10 Å². The van der Waals surface area contributed by atoms with E-state index in [1.165, 1.54) is 12.1 Å². The van der Waals surface area contributed by atoms with Crippen LogP contribution in [0.2, 0.25) is 0 Å². The maximum Gasteiger partial charge on any atom is 0.313 e. The minimum absolute atomic E-state index is 0.0548. The predicted molar refractivity (Wildman–Crippen MR) is 97.1 cm³/mol. The highest BCUT2D eigenvalue weighted by molar-refractivity contribution is 7.86. The van der Waals surface area contributed by atoms with Gasteiger partial charge in [0.25, 0.3) is 10.1 Å². The summed E-state index contributed by atoms with van der Waals surface area (Å²) in [5.41, 5.74) is 0.945. The largest absolute Gasteiger partial charge is 0.461 e. The van der Waals surface area contributed by atoms with E-state index in [1.807, 2.05) is 6.92 Å². The SMILES string of the molecule is CCCCCCC1C(=O)O[C@H]1CC(O)COS(=O)(=O)c1ccc(C)cc1. The monoisotopic (exact) mass is 384 g/mol. The van der Waals surface area contributed by atoms with E-state index in [-0.39, 0.29) is 35.9 Å². The molecule has 3 atom stereocenters. The first-order valence-corrected chi connectivity index (χ1v) is 10.6. The zero-order valence-corrected chi connectivity index (χ0v) is 16.2. The molecule has 2 unspecified atom stereocenters. The second kappa shape index (κ2) is 9.48. The highest BCUT2D eigenvalue weighted by Crippen LogP contribution is 2.31. The van der Waals surface area contributed by atoms with E-state index in [0.717, 1.165) is 37.7 Å². The van der Waals surface area contributed by atoms with Crippen LogP contribution in [0.15, 0.2) is 29.2 Å². The molecule has 7 heteroatoms. The standard InChI is InChI=1S/C19H28O6S/c1-3-4-5-6-7-17-18(25-19(17)21)12-15(20)13-24-26(22,23)16-10-8-14(2)9-11-16/h8-11,15,17-18,20H,3-7,12-13H2,1-2H3/t15?,17?,18-/m0/s1. The van der Waals surface area contributed by atoms with Crippen LogP contribution in [0.1, 0.15) is 51.0 Å². The Hall–Kier alpha value is -1.44. The molecule has 1 aromatic carbocycles. The number of benzene rings is 1. The smallest absolute Gasteiger partial charge is 0.313 e. The molecule has 1 fully saturated rings. The molecule has 0 spiro atoms. The number of unbranched alkanes of at least 4 members (excludes halogenated alkanes) is 3. The fourth-order valence-electron chi connectivity index (χ4n) is 2.98. The molecule has 1 saturated heterocycles. The highest BCUT2D eigenvalue weighted by Gasteiger charge is 2.42. The third-order valence-corrected chi connectivity index (χ3v) is 5.91. The fourth-order valence-corrected chi connectivity index (χ4v) is 3.92. The molecule has 0 amide bonds. The van der Waals surface area contributed by atoms with Gasteiger partial charge in [-0.2, -0.15) is 8.42 Å². The van der Waals surface area contributed by atoms with Gasteiger partial charge in [-0.05, 0) is 25.5 Å². The van der Waals surface area contributed by atoms with E-state index < -0.39 is 16.2 Å². The quantitative estimate of drug-likeness (QED) is 0.358. The highest BCUT2D eigenvalue weighted by atomic mass is 32.2. The van der Waals surface area contributed by atoms with Crippen LogP contribution in [-0.2, 0) is 23.8 Å². The third-order valence-electron chi connectivity index (χ3n) is 4.62. The zero-order valence-electron chi connectivity index (χ0n) is 15.4. The van der Waals surface area contributed by atoms with Crippen molar-refractivity contribution in [3.8, 4) is 0 Å². The lowest BCUT2D eigenvalue weighted by atomic mass is 9.87. The molecule has 26 heavy (non-hydrogen) atoms. The summed E-state index contributed by atoms with van der Waals surface area (Å²) in [6.07, 6.45) is 3.87. The first-order chi connectivity index (χ1) is 12.3. The number of hydrogen-bond acceptors (Lipinski definition) is 6. The number of aliphatic hydroxyl groups is 1. The van der Waals surface area contributed by atoms with Crippen molar-refractivity contribution in [3.05, 3.63) is 29.8 Å². The van der Waals surface area contributed by atoms with Crippen molar-refractivity contribution in [2.45, 2.75) is 69.5 Å². The average molecular weight is 384 g/mol. The Bertz CT molecular complexity index is 682. The lowest BCUT2D eigenvalue weighted by Crippen LogP contribution is -2.47. The van der Waals surface area contributed by atoms with Crippen LogP contribution in [0.3, 0.4) is 0 Å². The molecule has 0 radical (unpaired) electrons. The van der Waals surface area contributed by atoms with Crippen LogP contribution in [-0.4, -0.2) is 38.3 Å². The molecular weight excluding hydrogens is 356 g/mol. The van der Waals surface area contributed by atoms with Gasteiger partial charge >= 0.3 is 5.97 Å². The molecular formula is C19H28O6S. The Balaban J connectivity index is 1.78. The molecule has 0 aromatic heterocycles. The maximum atomic E-state index is 12.1. The Kier molecular flexibility index (Phi) is 7.61. The number of carbonyl (C=O) groups is 1. The number of ether oxygens (including phenoxy) is 1. The molecule has 2 rings (SSSR count). The van der Waals surface area contributed by atoms with Crippen LogP contribution in [0.25, 0.3) is 0 Å². The molecule has 1 N–H and O–H groups in total. The van der Waals surface area contributed by atoms with Crippen molar-refractivity contribution >= 4 is 16.1 Å². The van der Waals surface area contributed by atoms with Crippen molar-refractivity contribution in [1.82, 2.24) is 0 Å². The minimum Gasteiger partial charge on any atom is -0.461 e. The second-order valence-electron chi connectivity index (χ2n) is 6.87. The molecule has 0 aliphatic carbocycles. The van der Waals surface area contributed by atoms with E-state index >= 15 is 0 Å². The van der Waals surface area contributed by atoms with Crippen LogP contribution in [0, 0.1) is 12.8 Å². The number of carbonyl (C=O) groups excluding carboxylic acids is 1. The summed E-state index contributed by atoms with van der Waals surface area (Å²) < 4.78 is 34.3. The first-order valence-electron chi connectivity index (χ1n) is 9.18. The third kappa shape index (κ3) is 5.79. The maximum absolute atomic E-state index is 12.1. The Morgan fingerprint density at radius 1 is 1.19 bits per heavy atom. The van der Waals surface area contributed by atoms with Crippen LogP contribution in [0.4, 0.5) is 0 Å². The van der Waals surface area contributed by atoms with Gasteiger partial charge in [0.2, 0.25) is 0 Å². The summed E-state index contributed by atoms with van der Waals surface area (Å²) in [7, 11) is -3.91. The van der Waals surface area contributed by atoms with E-state index in [9.17, 15) is 18.3 Å². The summed E-state index contributed by atoms with van der Waals surface area (Å²) in [6.45, 7) is 3.63. The molecule has 1 aromatic rings. The van der Waals surface area contributed by atoms with Gasteiger partial charge in [0.15, 0.2) is 0 Å². The van der Waals surface area contributed by atoms with Gasteiger partial charge in [0.05, 0.1) is 23.5 Å². The van der Waals surface area contributed by atoms with E-state index in [2.05, 4.69) is 6.92 Å². The number of esters is 1. The van der Waals surface area contributed by atoms with Crippen LogP contribution >= 0.6 is 0 Å². The Morgan fingerprint density at radius 2 is 1.88 bits per heavy atom. The van der Waals surface area contributed by atoms with Gasteiger partial charge < -0.3 is 9.84 Å². The molecule has 6 nitrogen and oxygen atoms in total. The second-order valence-corrected chi connectivity index (χ2v) is 8.49. The summed E-state index contributed by atoms with van der Waals surface area (Å²) in [4.78, 5) is 11.6. The van der Waals surface area contributed by atoms with E-state index in [0.29, 0.717) is 0 Å². The minimum atomic E-state index is -3.91. The zero-order chi connectivity index (χ0) is 19.2. The molecule has 0 saturated carbocycles. The van der Waals surface area contributed by atoms with Crippen molar-refractivity contribution < 1.29 is 27.2 Å². The molecule has 1 heterocycles. The van der Waals surface area contributed by atoms with E-state index in [1.54, 1.807) is 12.1 Å². The summed E-state index contributed by atoms with van der Waals surface area (Å²) in [5.74, 6) is -0.429. The number of aryl methyl sites for hydroxylation is 1. The lowest BCUT2D eigenvalue weighted by Gasteiger charge is -2.36. The van der Waals surface area contributed by atoms with Gasteiger partial charge in [-0.3, -0.25) is 8.98 Å². The molecule has 1 aliphatic rings. The van der Waals surface area contributed by atoms with Gasteiger partial charge in [-0.15, -0.1) is 0 Å². The number of rotatable bonds is 11. The number of hydrogen-bond donors (Lipinski definition) is 1. The summed E-state index contributed by atoms with van der Waals surface area (Å²) >= 11 is 0. The summed E-state index contributed by atoms with van der Waals surface area (Å²) in [6, 6.07) is 6.31. The number of aliphatic hydroxyl groups excluding tert-OH is 1. The average Bonchev–Trinajstić information content (AvgIpc) is 2.60. The molecule has 0 bridgehead atoms. The Labute approximate surface area is 155 Å². The van der Waals surface area contributed by atoms with Crippen molar-refractivity contribution in [1.29, 1.82) is 0 Å². The topological polar surface area (TPSA) is 89.9 Å². The first kappa shape index (κ1) is 20.9. The van der Waals surface area contributed by atoms with Crippen LogP contribution < -0.4 is 0 Å². The van der Waals surface area contributed by atoms with Gasteiger partial charge in [0, 0.05) is 6.42 Å². The summed E-state index contributed by atoms with van der Waals surface area (Å²) in [5, 5.41) is 10.1. The Morgan fingerprint density at radius 3 is 2.50 bits per heavy atom. The van der Waals surface area contributed by atoms with Gasteiger partial charge in [-0.1, -0.05) is 50.3 Å². The van der Waals surface area contributed by atoms with E-state index in [4.69, 9.17) is 8.92 Å². The van der Waals surface area contributed by atoms with Crippen molar-refractivity contribution in [2.24, 2.45) is 5.92 Å². The normalized spacial score (nSPS) is 21.1. The lowest BCUT2D eigenvalue weighted by molar-refractivity contribution is -0.189. The van der Waals surface area contributed by atoms with Crippen molar-refractivity contribution in [3.63, 3.8) is 0 Å². The number of cyclic esters (lactones) is 1. The molecule has 146 valence electrons. The van der Waals surface area contributed by atoms with Gasteiger partial charge in [-0.25, -0.2) is 0 Å². The molecule has 1 aliphatic heterocycles. The van der Waals surface area contributed by atoms with Crippen molar-refractivity contribution in [2.75, 3.05) is 6.61 Å².